The zero-order valence-electron chi connectivity index (χ0n) is 13.9. The van der Waals surface area contributed by atoms with Gasteiger partial charge >= 0.3 is 0 Å². The van der Waals surface area contributed by atoms with E-state index >= 15 is 0 Å². The minimum Gasteiger partial charge on any atom is -0.369 e. The molecule has 1 unspecified atom stereocenters. The summed E-state index contributed by atoms with van der Waals surface area (Å²) in [5.41, 5.74) is 0. The third kappa shape index (κ3) is 8.60. The first kappa shape index (κ1) is 17.5. The van der Waals surface area contributed by atoms with Crippen molar-refractivity contribution in [1.29, 1.82) is 0 Å². The second kappa shape index (κ2) is 12.2. The van der Waals surface area contributed by atoms with Crippen molar-refractivity contribution < 1.29 is 0 Å². The number of nitrogens with one attached hydrogen (secondary N) is 1. The molecule has 0 aromatic heterocycles. The second-order valence-corrected chi connectivity index (χ2v) is 6.35. The smallest absolute Gasteiger partial charge is 0.0966 e. The van der Waals surface area contributed by atoms with E-state index in [2.05, 4.69) is 24.2 Å². The van der Waals surface area contributed by atoms with Gasteiger partial charge < -0.3 is 5.32 Å². The summed E-state index contributed by atoms with van der Waals surface area (Å²) in [5, 5.41) is 3.60. The van der Waals surface area contributed by atoms with Crippen molar-refractivity contribution in [3.8, 4) is 0 Å². The summed E-state index contributed by atoms with van der Waals surface area (Å²) in [7, 11) is 0. The second-order valence-electron chi connectivity index (χ2n) is 6.35. The highest BCUT2D eigenvalue weighted by Gasteiger charge is 2.15. The fraction of sp³-hybridized carbons (Fsp3) is 0.944. The molecule has 1 aliphatic heterocycles. The summed E-state index contributed by atoms with van der Waals surface area (Å²) in [6.45, 7) is 5.57. The minimum absolute atomic E-state index is 0.642. The topological polar surface area (TPSA) is 24.4 Å². The SMILES string of the molecule is CCCCCCCCCCCC1=NCC(CCCC)N1. The highest BCUT2D eigenvalue weighted by molar-refractivity contribution is 5.83. The Kier molecular flexibility index (Phi) is 10.7. The number of hydrogen-bond acceptors (Lipinski definition) is 2. The lowest BCUT2D eigenvalue weighted by Gasteiger charge is -2.10. The van der Waals surface area contributed by atoms with Crippen LogP contribution in [0.25, 0.3) is 0 Å². The van der Waals surface area contributed by atoms with E-state index in [1.54, 1.807) is 0 Å². The van der Waals surface area contributed by atoms with E-state index in [0.717, 1.165) is 6.54 Å². The molecule has 0 aromatic rings. The molecule has 0 saturated heterocycles. The van der Waals surface area contributed by atoms with Crippen LogP contribution in [0, 0.1) is 0 Å². The standard InChI is InChI=1S/C18H36N2/c1-3-5-7-8-9-10-11-12-13-15-18-19-16-17(20-18)14-6-4-2/h17H,3-16H2,1-2H3,(H,19,20). The summed E-state index contributed by atoms with van der Waals surface area (Å²) in [6.07, 6.45) is 17.8. The average Bonchev–Trinajstić information content (AvgIpc) is 2.91. The summed E-state index contributed by atoms with van der Waals surface area (Å²) < 4.78 is 0. The van der Waals surface area contributed by atoms with Gasteiger partial charge in [-0.2, -0.15) is 0 Å². The molecule has 1 rings (SSSR count). The van der Waals surface area contributed by atoms with Crippen molar-refractivity contribution >= 4 is 5.84 Å². The molecule has 0 bridgehead atoms. The molecule has 0 aromatic carbocycles. The molecule has 20 heavy (non-hydrogen) atoms. The molecule has 0 spiro atoms. The first-order chi connectivity index (χ1) is 9.86. The van der Waals surface area contributed by atoms with Crippen LogP contribution >= 0.6 is 0 Å². The van der Waals surface area contributed by atoms with Crippen molar-refractivity contribution in [2.24, 2.45) is 4.99 Å². The van der Waals surface area contributed by atoms with E-state index in [-0.39, 0.29) is 0 Å². The predicted octanol–water partition coefficient (Wildman–Crippen LogP) is 5.47. The number of amidine groups is 1. The number of aliphatic imine (C=N–C) groups is 1. The molecule has 1 aliphatic rings. The van der Waals surface area contributed by atoms with Gasteiger partial charge in [0.05, 0.1) is 12.4 Å². The quantitative estimate of drug-likeness (QED) is 0.445. The molecule has 2 nitrogen and oxygen atoms in total. The van der Waals surface area contributed by atoms with Crippen molar-refractivity contribution in [3.63, 3.8) is 0 Å². The molecule has 0 aliphatic carbocycles. The third-order valence-corrected chi connectivity index (χ3v) is 4.30. The Morgan fingerprint density at radius 2 is 1.45 bits per heavy atom. The van der Waals surface area contributed by atoms with Gasteiger partial charge in [0.1, 0.15) is 0 Å². The molecule has 1 atom stereocenters. The van der Waals surface area contributed by atoms with Gasteiger partial charge in [0.25, 0.3) is 0 Å². The number of unbranched alkanes of at least 4 members (excludes halogenated alkanes) is 9. The predicted molar refractivity (Wildman–Crippen MR) is 90.6 cm³/mol. The Labute approximate surface area is 126 Å². The number of rotatable bonds is 13. The number of hydrogen-bond donors (Lipinski definition) is 1. The summed E-state index contributed by atoms with van der Waals surface area (Å²) >= 11 is 0. The van der Waals surface area contributed by atoms with Crippen molar-refractivity contribution in [1.82, 2.24) is 5.32 Å². The molecule has 0 amide bonds. The Hall–Kier alpha value is -0.530. The van der Waals surface area contributed by atoms with Gasteiger partial charge in [0, 0.05) is 12.5 Å². The number of nitrogens with zero attached hydrogens (tertiary/aromatic N) is 1. The van der Waals surface area contributed by atoms with Gasteiger partial charge in [-0.15, -0.1) is 0 Å². The Morgan fingerprint density at radius 3 is 2.10 bits per heavy atom. The molecule has 0 fully saturated rings. The van der Waals surface area contributed by atoms with Crippen molar-refractivity contribution in [2.75, 3.05) is 6.54 Å². The van der Waals surface area contributed by atoms with Crippen LogP contribution in [0.1, 0.15) is 97.3 Å². The molecule has 2 heteroatoms. The first-order valence-electron chi connectivity index (χ1n) is 9.16. The van der Waals surface area contributed by atoms with Crippen molar-refractivity contribution in [3.05, 3.63) is 0 Å². The fourth-order valence-corrected chi connectivity index (χ4v) is 2.92. The van der Waals surface area contributed by atoms with Gasteiger partial charge in [-0.1, -0.05) is 78.1 Å². The van der Waals surface area contributed by atoms with E-state index in [0.29, 0.717) is 6.04 Å². The van der Waals surface area contributed by atoms with E-state index in [1.165, 1.54) is 89.3 Å². The molecule has 0 radical (unpaired) electrons. The van der Waals surface area contributed by atoms with Crippen molar-refractivity contribution in [2.45, 2.75) is 103 Å². The largest absolute Gasteiger partial charge is 0.369 e. The fourth-order valence-electron chi connectivity index (χ4n) is 2.92. The van der Waals surface area contributed by atoms with Crippen LogP contribution in [0.3, 0.4) is 0 Å². The van der Waals surface area contributed by atoms with E-state index in [9.17, 15) is 0 Å². The van der Waals surface area contributed by atoms with Crippen LogP contribution in [0.15, 0.2) is 4.99 Å². The maximum atomic E-state index is 4.64. The van der Waals surface area contributed by atoms with Crippen LogP contribution < -0.4 is 5.32 Å². The Balaban J connectivity index is 1.85. The zero-order valence-corrected chi connectivity index (χ0v) is 13.9. The van der Waals surface area contributed by atoms with Gasteiger partial charge in [-0.25, -0.2) is 0 Å². The lowest BCUT2D eigenvalue weighted by molar-refractivity contribution is 0.558. The highest BCUT2D eigenvalue weighted by atomic mass is 15.1. The molecular weight excluding hydrogens is 244 g/mol. The maximum Gasteiger partial charge on any atom is 0.0966 e. The maximum absolute atomic E-state index is 4.64. The first-order valence-corrected chi connectivity index (χ1v) is 9.16. The lowest BCUT2D eigenvalue weighted by Crippen LogP contribution is -2.29. The van der Waals surface area contributed by atoms with Crippen LogP contribution in [-0.4, -0.2) is 18.4 Å². The van der Waals surface area contributed by atoms with Crippen LogP contribution in [-0.2, 0) is 0 Å². The molecule has 118 valence electrons. The van der Waals surface area contributed by atoms with Crippen LogP contribution in [0.5, 0.6) is 0 Å². The molecule has 0 saturated carbocycles. The lowest BCUT2D eigenvalue weighted by atomic mass is 10.1. The van der Waals surface area contributed by atoms with Gasteiger partial charge in [0.2, 0.25) is 0 Å². The minimum atomic E-state index is 0.642. The van der Waals surface area contributed by atoms with E-state index < -0.39 is 0 Å². The normalized spacial score (nSPS) is 18.1. The van der Waals surface area contributed by atoms with Crippen LogP contribution in [0.2, 0.25) is 0 Å². The van der Waals surface area contributed by atoms with E-state index in [4.69, 9.17) is 0 Å². The summed E-state index contributed by atoms with van der Waals surface area (Å²) in [4.78, 5) is 4.64. The summed E-state index contributed by atoms with van der Waals surface area (Å²) in [6, 6.07) is 0.642. The Bertz CT molecular complexity index is 248. The van der Waals surface area contributed by atoms with Gasteiger partial charge in [-0.3, -0.25) is 4.99 Å². The summed E-state index contributed by atoms with van der Waals surface area (Å²) in [5.74, 6) is 1.29. The highest BCUT2D eigenvalue weighted by Crippen LogP contribution is 2.12. The molecule has 1 heterocycles. The average molecular weight is 280 g/mol. The van der Waals surface area contributed by atoms with E-state index in [1.807, 2.05) is 0 Å². The Morgan fingerprint density at radius 1 is 0.850 bits per heavy atom. The zero-order chi connectivity index (χ0) is 14.5. The third-order valence-electron chi connectivity index (χ3n) is 4.30. The molecule has 1 N–H and O–H groups in total. The van der Waals surface area contributed by atoms with Crippen LogP contribution in [0.4, 0.5) is 0 Å². The van der Waals surface area contributed by atoms with Gasteiger partial charge in [0.15, 0.2) is 0 Å². The molecular formula is C18H36N2. The monoisotopic (exact) mass is 280 g/mol. The van der Waals surface area contributed by atoms with Gasteiger partial charge in [-0.05, 0) is 12.8 Å².